The third kappa shape index (κ3) is 4.41. The Morgan fingerprint density at radius 1 is 1.24 bits per heavy atom. The fourth-order valence-electron chi connectivity index (χ4n) is 3.30. The van der Waals surface area contributed by atoms with E-state index in [2.05, 4.69) is 4.99 Å². The second-order valence-corrected chi connectivity index (χ2v) is 10.4. The van der Waals surface area contributed by atoms with Crippen molar-refractivity contribution in [1.29, 1.82) is 0 Å². The van der Waals surface area contributed by atoms with Gasteiger partial charge in [0.25, 0.3) is 5.91 Å². The van der Waals surface area contributed by atoms with Gasteiger partial charge in [-0.1, -0.05) is 41.6 Å². The number of benzene rings is 2. The van der Waals surface area contributed by atoms with Crippen LogP contribution in [0.15, 0.2) is 53.5 Å². The Hall–Kier alpha value is -2.10. The number of nitrogens with zero attached hydrogens (tertiary/aromatic N) is 2. The molecule has 2 aliphatic rings. The topological polar surface area (TPSA) is 76.0 Å². The van der Waals surface area contributed by atoms with Crippen LogP contribution in [0.4, 0.5) is 10.1 Å². The van der Waals surface area contributed by atoms with E-state index in [1.165, 1.54) is 30.0 Å². The molecule has 2 aromatic rings. The number of sulfone groups is 1. The van der Waals surface area contributed by atoms with Gasteiger partial charge in [-0.2, -0.15) is 4.99 Å². The van der Waals surface area contributed by atoms with Crippen molar-refractivity contribution in [3.05, 3.63) is 59.4 Å². The second-order valence-electron chi connectivity index (χ2n) is 6.66. The van der Waals surface area contributed by atoms with Gasteiger partial charge in [-0.3, -0.25) is 4.79 Å². The van der Waals surface area contributed by atoms with E-state index in [4.69, 9.17) is 16.3 Å². The van der Waals surface area contributed by atoms with Crippen molar-refractivity contribution >= 4 is 50.0 Å². The molecule has 4 rings (SSSR count). The zero-order chi connectivity index (χ0) is 20.6. The molecule has 1 amide bonds. The molecular formula is C19H16ClFN2O4S2. The van der Waals surface area contributed by atoms with E-state index in [1.807, 2.05) is 6.07 Å². The SMILES string of the molecule is O=C(COc1ccccc1)N=C1SC2CS(=O)(=O)CC2N1c1ccc(F)c(Cl)c1. The summed E-state index contributed by atoms with van der Waals surface area (Å²) in [6, 6.07) is 12.6. The summed E-state index contributed by atoms with van der Waals surface area (Å²) in [5.41, 5.74) is 0.490. The lowest BCUT2D eigenvalue weighted by Crippen LogP contribution is -2.37. The van der Waals surface area contributed by atoms with Crippen LogP contribution >= 0.6 is 23.4 Å². The van der Waals surface area contributed by atoms with Crippen LogP contribution in [-0.4, -0.2) is 48.9 Å². The third-order valence-corrected chi connectivity index (χ3v) is 8.07. The first-order valence-electron chi connectivity index (χ1n) is 8.73. The van der Waals surface area contributed by atoms with Crippen molar-refractivity contribution in [1.82, 2.24) is 0 Å². The van der Waals surface area contributed by atoms with Crippen LogP contribution in [0.3, 0.4) is 0 Å². The van der Waals surface area contributed by atoms with Crippen LogP contribution in [0.25, 0.3) is 0 Å². The molecule has 0 aliphatic carbocycles. The minimum absolute atomic E-state index is 0.00147. The Morgan fingerprint density at radius 3 is 2.72 bits per heavy atom. The quantitative estimate of drug-likeness (QED) is 0.706. The molecule has 2 fully saturated rings. The molecule has 2 saturated heterocycles. The predicted molar refractivity (Wildman–Crippen MR) is 112 cm³/mol. The van der Waals surface area contributed by atoms with E-state index < -0.39 is 27.6 Å². The van der Waals surface area contributed by atoms with Crippen molar-refractivity contribution in [3.8, 4) is 5.75 Å². The van der Waals surface area contributed by atoms with Crippen LogP contribution in [0.1, 0.15) is 0 Å². The number of anilines is 1. The van der Waals surface area contributed by atoms with Gasteiger partial charge >= 0.3 is 0 Å². The first kappa shape index (κ1) is 20.2. The summed E-state index contributed by atoms with van der Waals surface area (Å²) in [6.07, 6.45) is 0. The largest absolute Gasteiger partial charge is 0.484 e. The van der Waals surface area contributed by atoms with Crippen molar-refractivity contribution in [2.45, 2.75) is 11.3 Å². The van der Waals surface area contributed by atoms with Gasteiger partial charge in [0.15, 0.2) is 21.6 Å². The summed E-state index contributed by atoms with van der Waals surface area (Å²) in [7, 11) is -3.20. The normalized spacial score (nSPS) is 23.9. The Morgan fingerprint density at radius 2 is 2.00 bits per heavy atom. The molecule has 152 valence electrons. The molecule has 2 atom stereocenters. The molecule has 0 saturated carbocycles. The number of amidine groups is 1. The van der Waals surface area contributed by atoms with Gasteiger partial charge in [0, 0.05) is 10.9 Å². The number of thioether (sulfide) groups is 1. The standard InChI is InChI=1S/C19H16ClFN2O4S2/c20-14-8-12(6-7-15(14)21)23-16-10-29(25,26)11-17(16)28-19(23)22-18(24)9-27-13-4-2-1-3-5-13/h1-8,16-17H,9-11H2. The second kappa shape index (κ2) is 7.97. The average Bonchev–Trinajstić information content (AvgIpc) is 3.14. The molecule has 0 aromatic heterocycles. The molecule has 2 aliphatic heterocycles. The molecular weight excluding hydrogens is 439 g/mol. The summed E-state index contributed by atoms with van der Waals surface area (Å²) in [5, 5.41) is 0.0135. The molecule has 2 aromatic carbocycles. The summed E-state index contributed by atoms with van der Waals surface area (Å²) in [6.45, 7) is -0.250. The summed E-state index contributed by atoms with van der Waals surface area (Å²) >= 11 is 7.14. The third-order valence-electron chi connectivity index (χ3n) is 4.57. The van der Waals surface area contributed by atoms with E-state index in [1.54, 1.807) is 29.2 Å². The molecule has 2 heterocycles. The number of ether oxygens (including phenoxy) is 1. The summed E-state index contributed by atoms with van der Waals surface area (Å²) in [5.74, 6) is -0.596. The van der Waals surface area contributed by atoms with Crippen molar-refractivity contribution in [2.24, 2.45) is 4.99 Å². The van der Waals surface area contributed by atoms with E-state index in [9.17, 15) is 17.6 Å². The highest BCUT2D eigenvalue weighted by molar-refractivity contribution is 8.16. The van der Waals surface area contributed by atoms with Gasteiger partial charge in [0.2, 0.25) is 0 Å². The minimum Gasteiger partial charge on any atom is -0.484 e. The molecule has 0 spiro atoms. The maximum absolute atomic E-state index is 13.6. The minimum atomic E-state index is -3.20. The van der Waals surface area contributed by atoms with Crippen LogP contribution in [-0.2, 0) is 14.6 Å². The first-order chi connectivity index (χ1) is 13.8. The number of aliphatic imine (C=N–C) groups is 1. The summed E-state index contributed by atoms with van der Waals surface area (Å²) in [4.78, 5) is 18.2. The monoisotopic (exact) mass is 454 g/mol. The highest BCUT2D eigenvalue weighted by Gasteiger charge is 2.49. The van der Waals surface area contributed by atoms with Gasteiger partial charge in [-0.25, -0.2) is 12.8 Å². The lowest BCUT2D eigenvalue weighted by atomic mass is 10.2. The van der Waals surface area contributed by atoms with Gasteiger partial charge in [0.05, 0.1) is 22.6 Å². The van der Waals surface area contributed by atoms with Crippen LogP contribution < -0.4 is 9.64 Å². The number of rotatable bonds is 4. The van der Waals surface area contributed by atoms with E-state index in [0.717, 1.165) is 0 Å². The van der Waals surface area contributed by atoms with Crippen molar-refractivity contribution in [3.63, 3.8) is 0 Å². The number of amides is 1. The lowest BCUT2D eigenvalue weighted by Gasteiger charge is -2.24. The number of halogens is 2. The van der Waals surface area contributed by atoms with Gasteiger partial charge in [-0.05, 0) is 30.3 Å². The Kier molecular flexibility index (Phi) is 5.54. The molecule has 0 radical (unpaired) electrons. The Balaban J connectivity index is 1.59. The Labute approximate surface area is 176 Å². The molecule has 10 heteroatoms. The van der Waals surface area contributed by atoms with Crippen molar-refractivity contribution in [2.75, 3.05) is 23.0 Å². The van der Waals surface area contributed by atoms with Crippen LogP contribution in [0.2, 0.25) is 5.02 Å². The maximum Gasteiger partial charge on any atom is 0.285 e. The van der Waals surface area contributed by atoms with E-state index >= 15 is 0 Å². The number of hydrogen-bond acceptors (Lipinski definition) is 5. The molecule has 0 bridgehead atoms. The fraction of sp³-hybridized carbons (Fsp3) is 0.263. The van der Waals surface area contributed by atoms with Gasteiger partial charge < -0.3 is 9.64 Å². The van der Waals surface area contributed by atoms with E-state index in [0.29, 0.717) is 16.6 Å². The van der Waals surface area contributed by atoms with Crippen LogP contribution in [0.5, 0.6) is 5.75 Å². The predicted octanol–water partition coefficient (Wildman–Crippen LogP) is 3.16. The highest BCUT2D eigenvalue weighted by Crippen LogP contribution is 2.41. The smallest absolute Gasteiger partial charge is 0.285 e. The number of fused-ring (bicyclic) bond motifs is 1. The zero-order valence-corrected chi connectivity index (χ0v) is 17.4. The number of carbonyl (C=O) groups excluding carboxylic acids is 1. The number of para-hydroxylation sites is 1. The van der Waals surface area contributed by atoms with Crippen molar-refractivity contribution < 1.29 is 22.3 Å². The molecule has 2 unspecified atom stereocenters. The van der Waals surface area contributed by atoms with Gasteiger partial charge in [0.1, 0.15) is 11.6 Å². The summed E-state index contributed by atoms with van der Waals surface area (Å²) < 4.78 is 43.2. The molecule has 0 N–H and O–H groups in total. The molecule has 6 nitrogen and oxygen atoms in total. The zero-order valence-electron chi connectivity index (χ0n) is 15.0. The first-order valence-corrected chi connectivity index (χ1v) is 11.8. The average molecular weight is 455 g/mol. The lowest BCUT2D eigenvalue weighted by molar-refractivity contribution is -0.119. The number of carbonyl (C=O) groups is 1. The van der Waals surface area contributed by atoms with Gasteiger partial charge in [-0.15, -0.1) is 0 Å². The maximum atomic E-state index is 13.6. The highest BCUT2D eigenvalue weighted by atomic mass is 35.5. The number of hydrogen-bond donors (Lipinski definition) is 0. The fourth-order valence-corrected chi connectivity index (χ4v) is 7.41. The van der Waals surface area contributed by atoms with Crippen LogP contribution in [0, 0.1) is 5.82 Å². The van der Waals surface area contributed by atoms with E-state index in [-0.39, 0.29) is 28.4 Å². The molecule has 29 heavy (non-hydrogen) atoms. The Bertz CT molecular complexity index is 1080.